The Kier molecular flexibility index (Phi) is 5.03. The molecule has 0 saturated carbocycles. The molecule has 4 heterocycles. The van der Waals surface area contributed by atoms with Crippen LogP contribution in [0.25, 0.3) is 0 Å². The summed E-state index contributed by atoms with van der Waals surface area (Å²) in [6.45, 7) is 7.46. The van der Waals surface area contributed by atoms with Gasteiger partial charge in [0, 0.05) is 44.2 Å². The van der Waals surface area contributed by atoms with Crippen molar-refractivity contribution in [1.82, 2.24) is 25.1 Å². The highest BCUT2D eigenvalue weighted by atomic mass is 16.6. The number of aromatic amines is 1. The Morgan fingerprint density at radius 2 is 2.21 bits per heavy atom. The average molecular weight is 401 g/mol. The Labute approximate surface area is 169 Å². The summed E-state index contributed by atoms with van der Waals surface area (Å²) in [5, 5.41) is 10.0. The van der Waals surface area contributed by atoms with Crippen LogP contribution in [0.15, 0.2) is 18.3 Å². The van der Waals surface area contributed by atoms with E-state index in [1.54, 1.807) is 18.2 Å². The largest absolute Gasteiger partial charge is 0.447 e. The van der Waals surface area contributed by atoms with E-state index in [-0.39, 0.29) is 18.2 Å². The van der Waals surface area contributed by atoms with E-state index < -0.39 is 5.60 Å². The molecule has 0 radical (unpaired) electrons. The zero-order valence-corrected chi connectivity index (χ0v) is 17.2. The maximum absolute atomic E-state index is 12.6. The number of fused-ring (bicyclic) bond motifs is 1. The van der Waals surface area contributed by atoms with E-state index in [2.05, 4.69) is 30.4 Å². The average Bonchev–Trinajstić information content (AvgIpc) is 3.35. The fourth-order valence-corrected chi connectivity index (χ4v) is 4.12. The molecule has 10 nitrogen and oxygen atoms in total. The molecule has 2 aliphatic heterocycles. The van der Waals surface area contributed by atoms with Gasteiger partial charge in [0.05, 0.1) is 18.7 Å². The number of carbonyl (C=O) groups excluding carboxylic acids is 1. The number of anilines is 3. The van der Waals surface area contributed by atoms with Crippen LogP contribution >= 0.6 is 0 Å². The molecule has 2 aromatic rings. The fraction of sp³-hybridized carbons (Fsp3) is 0.579. The number of ether oxygens (including phenoxy) is 2. The summed E-state index contributed by atoms with van der Waals surface area (Å²) < 4.78 is 11.4. The van der Waals surface area contributed by atoms with Crippen molar-refractivity contribution in [3.8, 4) is 0 Å². The van der Waals surface area contributed by atoms with Gasteiger partial charge in [-0.3, -0.25) is 5.10 Å². The molecule has 2 aromatic heterocycles. The van der Waals surface area contributed by atoms with Gasteiger partial charge in [-0.25, -0.2) is 9.78 Å². The minimum Gasteiger partial charge on any atom is -0.447 e. The Morgan fingerprint density at radius 3 is 2.90 bits per heavy atom. The van der Waals surface area contributed by atoms with Crippen LogP contribution in [0, 0.1) is 6.92 Å². The van der Waals surface area contributed by atoms with E-state index in [0.717, 1.165) is 12.1 Å². The number of H-pyrrole nitrogens is 1. The highest BCUT2D eigenvalue weighted by molar-refractivity contribution is 5.69. The summed E-state index contributed by atoms with van der Waals surface area (Å²) in [7, 11) is 1.70. The Balaban J connectivity index is 1.56. The van der Waals surface area contributed by atoms with Gasteiger partial charge in [0.1, 0.15) is 11.4 Å². The molecule has 2 saturated heterocycles. The number of nitrogens with zero attached hydrogens (tertiary/aromatic N) is 5. The maximum Gasteiger partial charge on any atom is 0.410 e. The number of hydrogen-bond donors (Lipinski definition) is 2. The van der Waals surface area contributed by atoms with Gasteiger partial charge in [0.2, 0.25) is 5.95 Å². The van der Waals surface area contributed by atoms with Gasteiger partial charge in [-0.1, -0.05) is 0 Å². The lowest BCUT2D eigenvalue weighted by molar-refractivity contribution is -0.0100. The first-order valence-corrected chi connectivity index (χ1v) is 9.80. The van der Waals surface area contributed by atoms with Gasteiger partial charge < -0.3 is 24.6 Å². The van der Waals surface area contributed by atoms with Gasteiger partial charge in [-0.15, -0.1) is 0 Å². The predicted octanol–water partition coefficient (Wildman–Crippen LogP) is 2.08. The highest BCUT2D eigenvalue weighted by Gasteiger charge is 2.56. The number of rotatable bonds is 5. The standard InChI is InChI=1S/C19H27N7O3/c1-12(2)29-18(27)26-8-6-19(28-4)11-25(10-14(19)26)17-21-13(3)9-16(23-17)22-15-5-7-20-24-15/h5,7,9,12,14H,6,8,10-11H2,1-4H3,(H2,20,21,22,23,24)/t14-,19-/m1/s1. The summed E-state index contributed by atoms with van der Waals surface area (Å²) in [6.07, 6.45) is 2.04. The summed E-state index contributed by atoms with van der Waals surface area (Å²) >= 11 is 0. The third-order valence-electron chi connectivity index (χ3n) is 5.47. The lowest BCUT2D eigenvalue weighted by atomic mass is 9.98. The van der Waals surface area contributed by atoms with Crippen molar-refractivity contribution in [3.05, 3.63) is 24.0 Å². The smallest absolute Gasteiger partial charge is 0.410 e. The second-order valence-corrected chi connectivity index (χ2v) is 7.82. The number of aromatic nitrogens is 4. The molecule has 0 bridgehead atoms. The zero-order valence-electron chi connectivity index (χ0n) is 17.2. The molecule has 0 aromatic carbocycles. The van der Waals surface area contributed by atoms with Crippen molar-refractivity contribution in [1.29, 1.82) is 0 Å². The van der Waals surface area contributed by atoms with Crippen molar-refractivity contribution >= 4 is 23.7 Å². The van der Waals surface area contributed by atoms with Gasteiger partial charge in [0.15, 0.2) is 5.82 Å². The van der Waals surface area contributed by atoms with Gasteiger partial charge in [-0.2, -0.15) is 10.1 Å². The van der Waals surface area contributed by atoms with Crippen LogP contribution in [0.2, 0.25) is 0 Å². The molecule has 2 fully saturated rings. The molecule has 4 rings (SSSR count). The molecular formula is C19H27N7O3. The lowest BCUT2D eigenvalue weighted by Crippen LogP contribution is -2.47. The lowest BCUT2D eigenvalue weighted by Gasteiger charge is -2.29. The van der Waals surface area contributed by atoms with Crippen LogP contribution in [-0.2, 0) is 9.47 Å². The second-order valence-electron chi connectivity index (χ2n) is 7.82. The molecule has 0 spiro atoms. The van der Waals surface area contributed by atoms with Crippen LogP contribution in [0.3, 0.4) is 0 Å². The maximum atomic E-state index is 12.6. The number of aryl methyl sites for hydroxylation is 1. The molecule has 2 aliphatic rings. The molecule has 0 unspecified atom stereocenters. The minimum absolute atomic E-state index is 0.106. The Hall–Kier alpha value is -2.88. The Bertz CT molecular complexity index is 873. The molecule has 29 heavy (non-hydrogen) atoms. The normalized spacial score (nSPS) is 23.6. The number of carbonyl (C=O) groups is 1. The highest BCUT2D eigenvalue weighted by Crippen LogP contribution is 2.39. The van der Waals surface area contributed by atoms with E-state index in [0.29, 0.717) is 37.2 Å². The first kappa shape index (κ1) is 19.4. The third-order valence-corrected chi connectivity index (χ3v) is 5.47. The summed E-state index contributed by atoms with van der Waals surface area (Å²) in [5.41, 5.74) is 0.395. The summed E-state index contributed by atoms with van der Waals surface area (Å²) in [5.74, 6) is 1.95. The van der Waals surface area contributed by atoms with Crippen molar-refractivity contribution < 1.29 is 14.3 Å². The van der Waals surface area contributed by atoms with Crippen LogP contribution in [-0.4, -0.2) is 75.6 Å². The fourth-order valence-electron chi connectivity index (χ4n) is 4.12. The molecule has 10 heteroatoms. The molecule has 0 aliphatic carbocycles. The first-order valence-electron chi connectivity index (χ1n) is 9.80. The summed E-state index contributed by atoms with van der Waals surface area (Å²) in [6, 6.07) is 3.59. The molecular weight excluding hydrogens is 374 g/mol. The number of likely N-dealkylation sites (tertiary alicyclic amines) is 1. The van der Waals surface area contributed by atoms with Gasteiger partial charge in [0.25, 0.3) is 0 Å². The topological polar surface area (TPSA) is 108 Å². The van der Waals surface area contributed by atoms with Gasteiger partial charge in [-0.05, 0) is 27.2 Å². The Morgan fingerprint density at radius 1 is 1.38 bits per heavy atom. The quantitative estimate of drug-likeness (QED) is 0.784. The van der Waals surface area contributed by atoms with E-state index >= 15 is 0 Å². The van der Waals surface area contributed by atoms with Crippen molar-refractivity contribution in [2.75, 3.05) is 37.0 Å². The molecule has 1 amide bonds. The first-order chi connectivity index (χ1) is 13.9. The van der Waals surface area contributed by atoms with E-state index in [1.165, 1.54) is 0 Å². The van der Waals surface area contributed by atoms with E-state index in [4.69, 9.17) is 9.47 Å². The molecule has 156 valence electrons. The SMILES string of the molecule is CO[C@@]12CCN(C(=O)OC(C)C)[C@@H]1CN(c1nc(C)cc(Nc3cc[nH]n3)n1)C2. The number of hydrogen-bond acceptors (Lipinski definition) is 8. The summed E-state index contributed by atoms with van der Waals surface area (Å²) in [4.78, 5) is 25.7. The van der Waals surface area contributed by atoms with Crippen molar-refractivity contribution in [2.45, 2.75) is 44.9 Å². The van der Waals surface area contributed by atoms with Crippen LogP contribution in [0.4, 0.5) is 22.4 Å². The van der Waals surface area contributed by atoms with Crippen LogP contribution < -0.4 is 10.2 Å². The van der Waals surface area contributed by atoms with Crippen molar-refractivity contribution in [3.63, 3.8) is 0 Å². The molecule has 2 atom stereocenters. The van der Waals surface area contributed by atoms with Crippen molar-refractivity contribution in [2.24, 2.45) is 0 Å². The van der Waals surface area contributed by atoms with E-state index in [9.17, 15) is 4.79 Å². The number of nitrogens with one attached hydrogen (secondary N) is 2. The monoisotopic (exact) mass is 401 g/mol. The minimum atomic E-state index is -0.446. The van der Waals surface area contributed by atoms with Gasteiger partial charge >= 0.3 is 6.09 Å². The number of methoxy groups -OCH3 is 1. The number of amides is 1. The van der Waals surface area contributed by atoms with Crippen LogP contribution in [0.5, 0.6) is 0 Å². The predicted molar refractivity (Wildman–Crippen MR) is 107 cm³/mol. The van der Waals surface area contributed by atoms with E-state index in [1.807, 2.05) is 32.9 Å². The second kappa shape index (κ2) is 7.51. The zero-order chi connectivity index (χ0) is 20.6. The van der Waals surface area contributed by atoms with Crippen LogP contribution in [0.1, 0.15) is 26.0 Å². The third kappa shape index (κ3) is 3.71. The molecule has 2 N–H and O–H groups in total.